The van der Waals surface area contributed by atoms with Crippen molar-refractivity contribution < 1.29 is 4.74 Å². The van der Waals surface area contributed by atoms with Crippen LogP contribution in [-0.2, 0) is 0 Å². The van der Waals surface area contributed by atoms with Gasteiger partial charge < -0.3 is 10.1 Å². The molecular weight excluding hydrogens is 162 g/mol. The summed E-state index contributed by atoms with van der Waals surface area (Å²) in [6.07, 6.45) is 0. The Bertz CT molecular complexity index is 185. The van der Waals surface area contributed by atoms with E-state index >= 15 is 0 Å². The van der Waals surface area contributed by atoms with Gasteiger partial charge in [0.25, 0.3) is 0 Å². The van der Waals surface area contributed by atoms with Crippen LogP contribution in [0.5, 0.6) is 5.75 Å². The Kier molecular flexibility index (Phi) is 8.36. The Morgan fingerprint density at radius 1 is 1.08 bits per heavy atom. The molecular formula is C11H19NO. The number of hydrogen-bond donors (Lipinski definition) is 1. The van der Waals surface area contributed by atoms with Gasteiger partial charge in [-0.15, -0.1) is 0 Å². The van der Waals surface area contributed by atoms with Crippen molar-refractivity contribution in [3.63, 3.8) is 0 Å². The average Bonchev–Trinajstić information content (AvgIpc) is 2.21. The second-order valence-electron chi connectivity index (χ2n) is 2.47. The molecule has 0 aliphatic rings. The predicted octanol–water partition coefficient (Wildman–Crippen LogP) is 2.31. The zero-order valence-electron chi connectivity index (χ0n) is 8.71. The smallest absolute Gasteiger partial charge is 0.118 e. The van der Waals surface area contributed by atoms with E-state index in [-0.39, 0.29) is 0 Å². The summed E-state index contributed by atoms with van der Waals surface area (Å²) >= 11 is 0. The Morgan fingerprint density at radius 3 is 1.85 bits per heavy atom. The van der Waals surface area contributed by atoms with Crippen molar-refractivity contribution in [1.29, 1.82) is 0 Å². The summed E-state index contributed by atoms with van der Waals surface area (Å²) in [5, 5.41) is 3.11. The zero-order valence-corrected chi connectivity index (χ0v) is 8.71. The van der Waals surface area contributed by atoms with E-state index in [1.165, 1.54) is 0 Å². The predicted molar refractivity (Wildman–Crippen MR) is 57.2 cm³/mol. The van der Waals surface area contributed by atoms with Crippen molar-refractivity contribution >= 4 is 0 Å². The Morgan fingerprint density at radius 2 is 1.62 bits per heavy atom. The van der Waals surface area contributed by atoms with Crippen molar-refractivity contribution in [2.24, 2.45) is 0 Å². The van der Waals surface area contributed by atoms with Crippen molar-refractivity contribution in [3.05, 3.63) is 30.3 Å². The first-order valence-corrected chi connectivity index (χ1v) is 4.64. The summed E-state index contributed by atoms with van der Waals surface area (Å²) in [5.74, 6) is 0.910. The molecule has 1 N–H and O–H groups in total. The highest BCUT2D eigenvalue weighted by molar-refractivity contribution is 5.20. The second kappa shape index (κ2) is 9.07. The van der Waals surface area contributed by atoms with Gasteiger partial charge in [-0.3, -0.25) is 0 Å². The van der Waals surface area contributed by atoms with E-state index in [9.17, 15) is 0 Å². The van der Waals surface area contributed by atoms with Crippen LogP contribution in [-0.4, -0.2) is 20.2 Å². The molecule has 1 aromatic rings. The summed E-state index contributed by atoms with van der Waals surface area (Å²) in [4.78, 5) is 0. The van der Waals surface area contributed by atoms with Gasteiger partial charge in [0.1, 0.15) is 5.75 Å². The molecule has 0 heterocycles. The molecule has 0 aromatic heterocycles. The molecule has 74 valence electrons. The molecule has 0 bridgehead atoms. The van der Waals surface area contributed by atoms with Crippen molar-refractivity contribution in [1.82, 2.24) is 5.32 Å². The van der Waals surface area contributed by atoms with Crippen LogP contribution in [0.15, 0.2) is 30.3 Å². The molecule has 2 heteroatoms. The molecule has 0 fully saturated rings. The lowest BCUT2D eigenvalue weighted by Gasteiger charge is -1.93. The maximum atomic E-state index is 4.91. The number of rotatable bonds is 3. The summed E-state index contributed by atoms with van der Waals surface area (Å²) in [6, 6.07) is 9.68. The van der Waals surface area contributed by atoms with Gasteiger partial charge in [0.05, 0.1) is 7.11 Å². The zero-order chi connectivity index (χ0) is 9.94. The fourth-order valence-corrected chi connectivity index (χ4v) is 0.807. The first-order valence-electron chi connectivity index (χ1n) is 4.64. The molecule has 2 nitrogen and oxygen atoms in total. The molecule has 0 aliphatic heterocycles. The van der Waals surface area contributed by atoms with E-state index in [1.54, 1.807) is 7.11 Å². The number of para-hydroxylation sites is 1. The molecule has 0 amide bonds. The third-order valence-corrected chi connectivity index (χ3v) is 1.48. The van der Waals surface area contributed by atoms with Crippen LogP contribution in [0, 0.1) is 0 Å². The lowest BCUT2D eigenvalue weighted by atomic mass is 10.3. The van der Waals surface area contributed by atoms with Gasteiger partial charge in [-0.05, 0) is 25.2 Å². The van der Waals surface area contributed by atoms with Gasteiger partial charge in [-0.1, -0.05) is 32.0 Å². The topological polar surface area (TPSA) is 21.3 Å². The van der Waals surface area contributed by atoms with E-state index < -0.39 is 0 Å². The Balaban J connectivity index is 0.000000252. The first-order chi connectivity index (χ1) is 6.35. The summed E-state index contributed by atoms with van der Waals surface area (Å²) in [5.41, 5.74) is 0. The van der Waals surface area contributed by atoms with Gasteiger partial charge in [0.15, 0.2) is 0 Å². The summed E-state index contributed by atoms with van der Waals surface area (Å²) in [7, 11) is 1.66. The first kappa shape index (κ1) is 12.0. The maximum Gasteiger partial charge on any atom is 0.118 e. The number of methoxy groups -OCH3 is 1. The van der Waals surface area contributed by atoms with Crippen LogP contribution in [0.4, 0.5) is 0 Å². The Labute approximate surface area is 80.9 Å². The van der Waals surface area contributed by atoms with Crippen LogP contribution in [0.3, 0.4) is 0 Å². The van der Waals surface area contributed by atoms with Crippen molar-refractivity contribution in [2.45, 2.75) is 13.8 Å². The molecule has 0 spiro atoms. The summed E-state index contributed by atoms with van der Waals surface area (Å²) in [6.45, 7) is 6.39. The van der Waals surface area contributed by atoms with E-state index in [2.05, 4.69) is 19.2 Å². The van der Waals surface area contributed by atoms with Crippen LogP contribution in [0.1, 0.15) is 13.8 Å². The fraction of sp³-hybridized carbons (Fsp3) is 0.455. The van der Waals surface area contributed by atoms with Crippen LogP contribution in [0.2, 0.25) is 0 Å². The minimum absolute atomic E-state index is 0.910. The number of nitrogens with one attached hydrogen (secondary N) is 1. The number of hydrogen-bond acceptors (Lipinski definition) is 2. The molecule has 0 aliphatic carbocycles. The van der Waals surface area contributed by atoms with Gasteiger partial charge in [-0.2, -0.15) is 0 Å². The molecule has 0 unspecified atom stereocenters. The largest absolute Gasteiger partial charge is 0.497 e. The number of ether oxygens (including phenoxy) is 1. The van der Waals surface area contributed by atoms with Gasteiger partial charge in [0, 0.05) is 0 Å². The van der Waals surface area contributed by atoms with Crippen molar-refractivity contribution in [2.75, 3.05) is 20.2 Å². The van der Waals surface area contributed by atoms with Crippen LogP contribution >= 0.6 is 0 Å². The quantitative estimate of drug-likeness (QED) is 0.772. The summed E-state index contributed by atoms with van der Waals surface area (Å²) < 4.78 is 4.91. The minimum atomic E-state index is 0.910. The fourth-order valence-electron chi connectivity index (χ4n) is 0.807. The average molecular weight is 181 g/mol. The normalized spacial score (nSPS) is 8.54. The highest BCUT2D eigenvalue weighted by Gasteiger charge is 1.80. The third-order valence-electron chi connectivity index (χ3n) is 1.48. The maximum absolute atomic E-state index is 4.91. The molecule has 13 heavy (non-hydrogen) atoms. The lowest BCUT2D eigenvalue weighted by Crippen LogP contribution is -2.09. The third kappa shape index (κ3) is 7.34. The SMILES string of the molecule is CCNCC.COc1ccccc1. The molecule has 0 atom stereocenters. The molecule has 0 radical (unpaired) electrons. The van der Waals surface area contributed by atoms with E-state index in [4.69, 9.17) is 4.74 Å². The van der Waals surface area contributed by atoms with Gasteiger partial charge in [0.2, 0.25) is 0 Å². The highest BCUT2D eigenvalue weighted by atomic mass is 16.5. The van der Waals surface area contributed by atoms with E-state index in [1.807, 2.05) is 30.3 Å². The molecule has 0 saturated heterocycles. The van der Waals surface area contributed by atoms with Crippen LogP contribution < -0.4 is 10.1 Å². The molecule has 1 aromatic carbocycles. The van der Waals surface area contributed by atoms with Gasteiger partial charge in [-0.25, -0.2) is 0 Å². The Hall–Kier alpha value is -1.02. The minimum Gasteiger partial charge on any atom is -0.497 e. The molecule has 1 rings (SSSR count). The van der Waals surface area contributed by atoms with E-state index in [0.29, 0.717) is 0 Å². The standard InChI is InChI=1S/C7H8O.C4H11N/c1-8-7-5-3-2-4-6-7;1-3-5-4-2/h2-6H,1H3;5H,3-4H2,1-2H3. The highest BCUT2D eigenvalue weighted by Crippen LogP contribution is 2.05. The van der Waals surface area contributed by atoms with Gasteiger partial charge >= 0.3 is 0 Å². The monoisotopic (exact) mass is 181 g/mol. The number of benzene rings is 1. The van der Waals surface area contributed by atoms with Crippen molar-refractivity contribution in [3.8, 4) is 5.75 Å². The van der Waals surface area contributed by atoms with Crippen LogP contribution in [0.25, 0.3) is 0 Å². The second-order valence-corrected chi connectivity index (χ2v) is 2.47. The molecule has 0 saturated carbocycles. The van der Waals surface area contributed by atoms with E-state index in [0.717, 1.165) is 18.8 Å². The lowest BCUT2D eigenvalue weighted by molar-refractivity contribution is 0.415.